The second kappa shape index (κ2) is 5.61. The van der Waals surface area contributed by atoms with Gasteiger partial charge in [-0.1, -0.05) is 25.1 Å². The summed E-state index contributed by atoms with van der Waals surface area (Å²) in [5, 5.41) is 2.69. The zero-order chi connectivity index (χ0) is 14.9. The number of carbonyl (C=O) groups excluding carboxylic acids is 2. The largest absolute Gasteiger partial charge is 0.343 e. The number of hydrogen-bond acceptors (Lipinski definition) is 2. The number of amides is 2. The van der Waals surface area contributed by atoms with E-state index in [2.05, 4.69) is 5.32 Å². The van der Waals surface area contributed by atoms with Crippen LogP contribution in [-0.2, 0) is 9.59 Å². The van der Waals surface area contributed by atoms with Gasteiger partial charge < -0.3 is 10.2 Å². The molecule has 2 rings (SSSR count). The standard InChI is InChI=1S/C15H19FN2O2/c1-4-13-15(20)18(10(3)14(19)17-13)9(2)11-7-5-6-8-12(11)16/h5-10,13H,4H2,1-3H3,(H,17,19). The zero-order valence-electron chi connectivity index (χ0n) is 11.9. The minimum atomic E-state index is -0.597. The molecular weight excluding hydrogens is 259 g/mol. The van der Waals surface area contributed by atoms with Crippen LogP contribution in [0.25, 0.3) is 0 Å². The highest BCUT2D eigenvalue weighted by Gasteiger charge is 2.40. The van der Waals surface area contributed by atoms with Crippen LogP contribution in [0.1, 0.15) is 38.8 Å². The molecule has 0 radical (unpaired) electrons. The molecule has 1 fully saturated rings. The molecule has 20 heavy (non-hydrogen) atoms. The Labute approximate surface area is 118 Å². The van der Waals surface area contributed by atoms with Crippen LogP contribution in [0.5, 0.6) is 0 Å². The lowest BCUT2D eigenvalue weighted by molar-refractivity contribution is -0.151. The molecule has 108 valence electrons. The molecule has 1 heterocycles. The summed E-state index contributed by atoms with van der Waals surface area (Å²) in [4.78, 5) is 25.8. The molecule has 3 atom stereocenters. The molecule has 0 bridgehead atoms. The number of nitrogens with one attached hydrogen (secondary N) is 1. The van der Waals surface area contributed by atoms with Crippen molar-refractivity contribution in [2.24, 2.45) is 0 Å². The van der Waals surface area contributed by atoms with Gasteiger partial charge in [0.05, 0.1) is 6.04 Å². The molecule has 1 aliphatic heterocycles. The Morgan fingerprint density at radius 2 is 2.00 bits per heavy atom. The van der Waals surface area contributed by atoms with E-state index in [0.717, 1.165) is 0 Å². The third-order valence-corrected chi connectivity index (χ3v) is 3.85. The lowest BCUT2D eigenvalue weighted by Gasteiger charge is -2.41. The third kappa shape index (κ3) is 2.40. The molecule has 0 saturated carbocycles. The van der Waals surface area contributed by atoms with E-state index >= 15 is 0 Å². The van der Waals surface area contributed by atoms with Crippen LogP contribution in [-0.4, -0.2) is 28.8 Å². The number of nitrogens with zero attached hydrogens (tertiary/aromatic N) is 1. The maximum atomic E-state index is 13.9. The first kappa shape index (κ1) is 14.5. The third-order valence-electron chi connectivity index (χ3n) is 3.85. The fraction of sp³-hybridized carbons (Fsp3) is 0.467. The summed E-state index contributed by atoms with van der Waals surface area (Å²) < 4.78 is 13.9. The van der Waals surface area contributed by atoms with Crippen molar-refractivity contribution in [2.45, 2.75) is 45.3 Å². The SMILES string of the molecule is CCC1NC(=O)C(C)N(C(C)c2ccccc2F)C1=O. The maximum absolute atomic E-state index is 13.9. The molecule has 0 aliphatic carbocycles. The van der Waals surface area contributed by atoms with Crippen molar-refractivity contribution in [2.75, 3.05) is 0 Å². The van der Waals surface area contributed by atoms with Crippen molar-refractivity contribution in [3.05, 3.63) is 35.6 Å². The van der Waals surface area contributed by atoms with E-state index in [1.807, 2.05) is 6.92 Å². The van der Waals surface area contributed by atoms with Crippen molar-refractivity contribution in [3.8, 4) is 0 Å². The minimum Gasteiger partial charge on any atom is -0.343 e. The molecule has 2 amide bonds. The molecule has 0 aromatic heterocycles. The van der Waals surface area contributed by atoms with Crippen LogP contribution in [0.3, 0.4) is 0 Å². The first-order valence-corrected chi connectivity index (χ1v) is 6.84. The second-order valence-electron chi connectivity index (χ2n) is 5.09. The van der Waals surface area contributed by atoms with E-state index in [4.69, 9.17) is 0 Å². The maximum Gasteiger partial charge on any atom is 0.246 e. The highest BCUT2D eigenvalue weighted by molar-refractivity contribution is 5.96. The molecule has 1 saturated heterocycles. The van der Waals surface area contributed by atoms with Gasteiger partial charge >= 0.3 is 0 Å². The van der Waals surface area contributed by atoms with E-state index in [-0.39, 0.29) is 17.6 Å². The van der Waals surface area contributed by atoms with Crippen LogP contribution >= 0.6 is 0 Å². The Hall–Kier alpha value is -1.91. The average molecular weight is 278 g/mol. The normalized spacial score (nSPS) is 24.5. The van der Waals surface area contributed by atoms with Crippen molar-refractivity contribution >= 4 is 11.8 Å². The van der Waals surface area contributed by atoms with Gasteiger partial charge in [-0.15, -0.1) is 0 Å². The van der Waals surface area contributed by atoms with Crippen LogP contribution in [0.4, 0.5) is 4.39 Å². The van der Waals surface area contributed by atoms with Crippen molar-refractivity contribution < 1.29 is 14.0 Å². The predicted octanol–water partition coefficient (Wildman–Crippen LogP) is 2.01. The van der Waals surface area contributed by atoms with E-state index < -0.39 is 18.1 Å². The van der Waals surface area contributed by atoms with Gasteiger partial charge in [0.2, 0.25) is 11.8 Å². The van der Waals surface area contributed by atoms with Crippen LogP contribution < -0.4 is 5.32 Å². The van der Waals surface area contributed by atoms with E-state index in [1.165, 1.54) is 11.0 Å². The number of piperazine rings is 1. The Balaban J connectivity index is 2.35. The van der Waals surface area contributed by atoms with Crippen molar-refractivity contribution in [1.29, 1.82) is 0 Å². The van der Waals surface area contributed by atoms with Crippen molar-refractivity contribution in [3.63, 3.8) is 0 Å². The first-order valence-electron chi connectivity index (χ1n) is 6.84. The van der Waals surface area contributed by atoms with Gasteiger partial charge in [0.1, 0.15) is 17.9 Å². The smallest absolute Gasteiger partial charge is 0.246 e. The van der Waals surface area contributed by atoms with Crippen LogP contribution in [0, 0.1) is 5.82 Å². The molecule has 4 nitrogen and oxygen atoms in total. The lowest BCUT2D eigenvalue weighted by Crippen LogP contribution is -2.62. The molecule has 0 spiro atoms. The fourth-order valence-corrected chi connectivity index (χ4v) is 2.62. The Morgan fingerprint density at radius 1 is 1.35 bits per heavy atom. The van der Waals surface area contributed by atoms with Gasteiger partial charge in [-0.3, -0.25) is 9.59 Å². The highest BCUT2D eigenvalue weighted by Crippen LogP contribution is 2.27. The molecule has 1 N–H and O–H groups in total. The summed E-state index contributed by atoms with van der Waals surface area (Å²) in [6, 6.07) is 4.75. The summed E-state index contributed by atoms with van der Waals surface area (Å²) in [7, 11) is 0. The Kier molecular flexibility index (Phi) is 4.06. The number of hydrogen-bond donors (Lipinski definition) is 1. The summed E-state index contributed by atoms with van der Waals surface area (Å²) in [5.74, 6) is -0.714. The summed E-state index contributed by atoms with van der Waals surface area (Å²) in [6.07, 6.45) is 0.526. The number of benzene rings is 1. The molecule has 1 aliphatic rings. The lowest BCUT2D eigenvalue weighted by atomic mass is 9.99. The van der Waals surface area contributed by atoms with Crippen LogP contribution in [0.15, 0.2) is 24.3 Å². The fourth-order valence-electron chi connectivity index (χ4n) is 2.62. The van der Waals surface area contributed by atoms with Crippen LogP contribution in [0.2, 0.25) is 0 Å². The van der Waals surface area contributed by atoms with E-state index in [1.54, 1.807) is 32.0 Å². The van der Waals surface area contributed by atoms with Crippen molar-refractivity contribution in [1.82, 2.24) is 10.2 Å². The number of rotatable bonds is 3. The number of halogens is 1. The quantitative estimate of drug-likeness (QED) is 0.919. The monoisotopic (exact) mass is 278 g/mol. The first-order chi connectivity index (χ1) is 9.47. The molecule has 1 aromatic carbocycles. The molecule has 3 unspecified atom stereocenters. The summed E-state index contributed by atoms with van der Waals surface area (Å²) in [6.45, 7) is 5.25. The van der Waals surface area contributed by atoms with Gasteiger partial charge in [0.25, 0.3) is 0 Å². The second-order valence-corrected chi connectivity index (χ2v) is 5.09. The van der Waals surface area contributed by atoms with E-state index in [0.29, 0.717) is 12.0 Å². The summed E-state index contributed by atoms with van der Waals surface area (Å²) >= 11 is 0. The zero-order valence-corrected chi connectivity index (χ0v) is 11.9. The van der Waals surface area contributed by atoms with Gasteiger partial charge in [-0.25, -0.2) is 4.39 Å². The van der Waals surface area contributed by atoms with Gasteiger partial charge in [0, 0.05) is 5.56 Å². The molecular formula is C15H19FN2O2. The highest BCUT2D eigenvalue weighted by atomic mass is 19.1. The Morgan fingerprint density at radius 3 is 2.60 bits per heavy atom. The molecule has 1 aromatic rings. The Bertz CT molecular complexity index is 532. The van der Waals surface area contributed by atoms with Gasteiger partial charge in [-0.05, 0) is 26.3 Å². The molecule has 5 heteroatoms. The minimum absolute atomic E-state index is 0.157. The summed E-state index contributed by atoms with van der Waals surface area (Å²) in [5.41, 5.74) is 0.428. The average Bonchev–Trinajstić information content (AvgIpc) is 2.43. The van der Waals surface area contributed by atoms with Gasteiger partial charge in [0.15, 0.2) is 0 Å². The number of carbonyl (C=O) groups is 2. The topological polar surface area (TPSA) is 49.4 Å². The van der Waals surface area contributed by atoms with E-state index in [9.17, 15) is 14.0 Å². The predicted molar refractivity (Wildman–Crippen MR) is 73.3 cm³/mol. The van der Waals surface area contributed by atoms with Gasteiger partial charge in [-0.2, -0.15) is 0 Å².